The largest absolute Gasteiger partial charge is 0.491 e. The van der Waals surface area contributed by atoms with Crippen LogP contribution in [0, 0.1) is 0 Å². The number of hydrogen-bond donors (Lipinski definition) is 1. The predicted octanol–water partition coefficient (Wildman–Crippen LogP) is 6.59. The smallest absolute Gasteiger partial charge is 0.271 e. The van der Waals surface area contributed by atoms with E-state index in [0.29, 0.717) is 18.0 Å². The summed E-state index contributed by atoms with van der Waals surface area (Å²) >= 11 is 1.19. The third-order valence-electron chi connectivity index (χ3n) is 6.84. The second kappa shape index (κ2) is 13.3. The van der Waals surface area contributed by atoms with E-state index in [2.05, 4.69) is 58.2 Å². The highest BCUT2D eigenvalue weighted by atomic mass is 32.2. The second-order valence-corrected chi connectivity index (χ2v) is 12.5. The molecule has 5 rings (SSSR count). The molecule has 0 bridgehead atoms. The van der Waals surface area contributed by atoms with Crippen LogP contribution in [-0.2, 0) is 14.8 Å². The molecule has 1 fully saturated rings. The van der Waals surface area contributed by atoms with Crippen LogP contribution < -0.4 is 9.46 Å². The van der Waals surface area contributed by atoms with Crippen LogP contribution in [0.5, 0.6) is 5.75 Å². The number of ether oxygens (including phenoxy) is 2. The van der Waals surface area contributed by atoms with Gasteiger partial charge in [0, 0.05) is 19.6 Å². The van der Waals surface area contributed by atoms with Gasteiger partial charge in [-0.05, 0) is 54.0 Å². The van der Waals surface area contributed by atoms with Crippen molar-refractivity contribution in [3.05, 3.63) is 114 Å². The zero-order chi connectivity index (χ0) is 26.9. The molecule has 0 amide bonds. The van der Waals surface area contributed by atoms with E-state index in [4.69, 9.17) is 9.47 Å². The number of nitrogens with one attached hydrogen (secondary N) is 1. The van der Waals surface area contributed by atoms with Crippen LogP contribution >= 0.6 is 11.3 Å². The number of thiophene rings is 1. The lowest BCUT2D eigenvalue weighted by atomic mass is 10.00. The monoisotopic (exact) mass is 562 g/mol. The first-order chi connectivity index (χ1) is 19.1. The number of rotatable bonds is 12. The van der Waals surface area contributed by atoms with Crippen molar-refractivity contribution < 1.29 is 17.9 Å². The Hall–Kier alpha value is -3.17. The number of sulfonamides is 1. The fourth-order valence-corrected chi connectivity index (χ4v) is 6.89. The van der Waals surface area contributed by atoms with Gasteiger partial charge in [0.2, 0.25) is 0 Å². The van der Waals surface area contributed by atoms with Gasteiger partial charge >= 0.3 is 0 Å². The van der Waals surface area contributed by atoms with Crippen molar-refractivity contribution in [3.63, 3.8) is 0 Å². The first-order valence-electron chi connectivity index (χ1n) is 13.3. The minimum absolute atomic E-state index is 0.0605. The number of hydrogen-bond acceptors (Lipinski definition) is 6. The molecule has 0 atom stereocenters. The van der Waals surface area contributed by atoms with Crippen LogP contribution in [0.1, 0.15) is 36.5 Å². The summed E-state index contributed by atoms with van der Waals surface area (Å²) < 4.78 is 40.9. The molecule has 3 aromatic carbocycles. The van der Waals surface area contributed by atoms with Crippen LogP contribution in [0.15, 0.2) is 107 Å². The topological polar surface area (TPSA) is 67.9 Å². The third kappa shape index (κ3) is 7.48. The van der Waals surface area contributed by atoms with E-state index >= 15 is 0 Å². The summed E-state index contributed by atoms with van der Waals surface area (Å²) in [6, 6.07) is 31.4. The maximum Gasteiger partial charge on any atom is 0.271 e. The van der Waals surface area contributed by atoms with E-state index < -0.39 is 10.0 Å². The van der Waals surface area contributed by atoms with E-state index in [1.165, 1.54) is 22.5 Å². The molecular formula is C31H34N2O4S2. The van der Waals surface area contributed by atoms with Gasteiger partial charge in [-0.25, -0.2) is 8.42 Å². The molecule has 1 aromatic heterocycles. The Bertz CT molecular complexity index is 1350. The van der Waals surface area contributed by atoms with Crippen molar-refractivity contribution in [2.45, 2.75) is 35.7 Å². The molecule has 6 nitrogen and oxygen atoms in total. The minimum atomic E-state index is -3.62. The molecule has 0 aliphatic carbocycles. The molecule has 1 N–H and O–H groups in total. The summed E-state index contributed by atoms with van der Waals surface area (Å²) in [6.45, 7) is 3.41. The molecule has 1 saturated heterocycles. The zero-order valence-electron chi connectivity index (χ0n) is 21.8. The standard InChI is InChI=1S/C31H34N2O4S2/c34-39(35,30-17-9-24-38-30)32-28-15-7-8-16-29(28)36-23-10-20-33-21-18-27(19-22-33)37-31(25-11-3-1-4-12-25)26-13-5-2-6-14-26/h1-9,11-17,24,27,31-32H,10,18-23H2. The Morgan fingerprint density at radius 2 is 1.49 bits per heavy atom. The quantitative estimate of drug-likeness (QED) is 0.197. The van der Waals surface area contributed by atoms with Gasteiger partial charge in [0.05, 0.1) is 18.4 Å². The van der Waals surface area contributed by atoms with Gasteiger partial charge in [0.1, 0.15) is 16.1 Å². The number of nitrogens with zero attached hydrogens (tertiary/aromatic N) is 1. The van der Waals surface area contributed by atoms with Crippen molar-refractivity contribution in [1.82, 2.24) is 4.90 Å². The summed E-state index contributed by atoms with van der Waals surface area (Å²) in [4.78, 5) is 2.45. The number of likely N-dealkylation sites (tertiary alicyclic amines) is 1. The summed E-state index contributed by atoms with van der Waals surface area (Å²) in [5.41, 5.74) is 2.82. The highest BCUT2D eigenvalue weighted by molar-refractivity contribution is 7.94. The van der Waals surface area contributed by atoms with Crippen LogP contribution in [0.3, 0.4) is 0 Å². The molecule has 0 unspecified atom stereocenters. The maximum absolute atomic E-state index is 12.6. The molecule has 204 valence electrons. The lowest BCUT2D eigenvalue weighted by molar-refractivity contribution is -0.0273. The van der Waals surface area contributed by atoms with Gasteiger partial charge in [0.25, 0.3) is 10.0 Å². The third-order valence-corrected chi connectivity index (χ3v) is 9.60. The van der Waals surface area contributed by atoms with E-state index in [9.17, 15) is 8.42 Å². The molecule has 0 radical (unpaired) electrons. The van der Waals surface area contributed by atoms with Crippen LogP contribution in [0.25, 0.3) is 0 Å². The number of piperidine rings is 1. The molecular weight excluding hydrogens is 528 g/mol. The lowest BCUT2D eigenvalue weighted by Crippen LogP contribution is -2.38. The average molecular weight is 563 g/mol. The molecule has 4 aromatic rings. The van der Waals surface area contributed by atoms with E-state index in [-0.39, 0.29) is 16.4 Å². The van der Waals surface area contributed by atoms with Gasteiger partial charge in [0.15, 0.2) is 0 Å². The summed E-state index contributed by atoms with van der Waals surface area (Å²) in [6.07, 6.45) is 2.99. The summed E-state index contributed by atoms with van der Waals surface area (Å²) in [5.74, 6) is 0.539. The molecule has 8 heteroatoms. The van der Waals surface area contributed by atoms with Crippen molar-refractivity contribution in [2.75, 3.05) is 31.0 Å². The molecule has 39 heavy (non-hydrogen) atoms. The van der Waals surface area contributed by atoms with Crippen molar-refractivity contribution in [1.29, 1.82) is 0 Å². The van der Waals surface area contributed by atoms with Crippen LogP contribution in [-0.4, -0.2) is 45.7 Å². The Morgan fingerprint density at radius 3 is 2.13 bits per heavy atom. The summed E-state index contributed by atoms with van der Waals surface area (Å²) in [5, 5.41) is 1.75. The van der Waals surface area contributed by atoms with Crippen molar-refractivity contribution in [2.24, 2.45) is 0 Å². The second-order valence-electron chi connectivity index (χ2n) is 9.61. The Kier molecular flexibility index (Phi) is 9.32. The lowest BCUT2D eigenvalue weighted by Gasteiger charge is -2.34. The van der Waals surface area contributed by atoms with E-state index in [1.54, 1.807) is 35.7 Å². The van der Waals surface area contributed by atoms with E-state index in [0.717, 1.165) is 38.9 Å². The van der Waals surface area contributed by atoms with Crippen LogP contribution in [0.4, 0.5) is 5.69 Å². The number of anilines is 1. The van der Waals surface area contributed by atoms with Crippen molar-refractivity contribution in [3.8, 4) is 5.75 Å². The Balaban J connectivity index is 1.08. The Morgan fingerprint density at radius 1 is 0.846 bits per heavy atom. The number of para-hydroxylation sites is 2. The van der Waals surface area contributed by atoms with Gasteiger partial charge < -0.3 is 14.4 Å². The molecule has 1 aliphatic rings. The highest BCUT2D eigenvalue weighted by Gasteiger charge is 2.24. The first kappa shape index (κ1) is 27.4. The van der Waals surface area contributed by atoms with Gasteiger partial charge in [-0.1, -0.05) is 78.9 Å². The maximum atomic E-state index is 12.6. The van der Waals surface area contributed by atoms with Gasteiger partial charge in [-0.15, -0.1) is 11.3 Å². The molecule has 0 spiro atoms. The van der Waals surface area contributed by atoms with Gasteiger partial charge in [-0.3, -0.25) is 4.72 Å². The summed E-state index contributed by atoms with van der Waals surface area (Å²) in [7, 11) is -3.62. The molecule has 2 heterocycles. The van der Waals surface area contributed by atoms with Crippen LogP contribution in [0.2, 0.25) is 0 Å². The SMILES string of the molecule is O=S(=O)(Nc1ccccc1OCCCN1CCC(OC(c2ccccc2)c2ccccc2)CC1)c1cccs1. The van der Waals surface area contributed by atoms with Crippen molar-refractivity contribution >= 4 is 27.0 Å². The zero-order valence-corrected chi connectivity index (χ0v) is 23.4. The first-order valence-corrected chi connectivity index (χ1v) is 15.7. The number of benzene rings is 3. The molecule has 0 saturated carbocycles. The Labute approximate surface area is 235 Å². The fourth-order valence-electron chi connectivity index (χ4n) is 4.83. The predicted molar refractivity (Wildman–Crippen MR) is 157 cm³/mol. The molecule has 1 aliphatic heterocycles. The minimum Gasteiger partial charge on any atom is -0.491 e. The highest BCUT2D eigenvalue weighted by Crippen LogP contribution is 2.30. The van der Waals surface area contributed by atoms with E-state index in [1.807, 2.05) is 18.2 Å². The van der Waals surface area contributed by atoms with Gasteiger partial charge in [-0.2, -0.15) is 0 Å². The fraction of sp³-hybridized carbons (Fsp3) is 0.290. The average Bonchev–Trinajstić information content (AvgIpc) is 3.53. The normalized spacial score (nSPS) is 14.9.